The highest BCUT2D eigenvalue weighted by Gasteiger charge is 2.46. The summed E-state index contributed by atoms with van der Waals surface area (Å²) in [7, 11) is -4.11. The molecule has 1 unspecified atom stereocenters. The van der Waals surface area contributed by atoms with E-state index >= 15 is 0 Å². The molecule has 3 aromatic carbocycles. The van der Waals surface area contributed by atoms with Crippen LogP contribution in [0.5, 0.6) is 0 Å². The number of imide groups is 1. The predicted octanol–water partition coefficient (Wildman–Crippen LogP) is 4.17. The topological polar surface area (TPSA) is 104 Å². The van der Waals surface area contributed by atoms with E-state index in [1.165, 1.54) is 31.2 Å². The lowest BCUT2D eigenvalue weighted by Gasteiger charge is -2.27. The summed E-state index contributed by atoms with van der Waals surface area (Å²) in [5, 5.41) is 3.15. The molecule has 1 atom stereocenters. The van der Waals surface area contributed by atoms with Crippen LogP contribution >= 0.6 is 11.6 Å². The van der Waals surface area contributed by atoms with E-state index in [1.54, 1.807) is 42.5 Å². The first-order valence-corrected chi connectivity index (χ1v) is 13.5. The molecule has 4 rings (SSSR count). The van der Waals surface area contributed by atoms with Crippen molar-refractivity contribution >= 4 is 50.7 Å². The number of nitrogens with zero attached hydrogens (tertiary/aromatic N) is 2. The van der Waals surface area contributed by atoms with Crippen LogP contribution < -0.4 is 10.2 Å². The second-order valence-electron chi connectivity index (χ2n) is 8.82. The first-order valence-electron chi connectivity index (χ1n) is 11.6. The zero-order valence-corrected chi connectivity index (χ0v) is 21.9. The molecule has 192 valence electrons. The third-order valence-corrected chi connectivity index (χ3v) is 8.21. The van der Waals surface area contributed by atoms with Gasteiger partial charge in [-0.05, 0) is 67.4 Å². The summed E-state index contributed by atoms with van der Waals surface area (Å²) in [4.78, 5) is 38.8. The first kappa shape index (κ1) is 26.5. The van der Waals surface area contributed by atoms with Crippen LogP contribution in [0.25, 0.3) is 0 Å². The summed E-state index contributed by atoms with van der Waals surface area (Å²) >= 11 is 6.10. The van der Waals surface area contributed by atoms with Gasteiger partial charge in [-0.3, -0.25) is 14.4 Å². The van der Waals surface area contributed by atoms with Crippen molar-refractivity contribution in [1.82, 2.24) is 4.31 Å². The second kappa shape index (κ2) is 10.8. The lowest BCUT2D eigenvalue weighted by atomic mass is 10.1. The summed E-state index contributed by atoms with van der Waals surface area (Å²) < 4.78 is 28.6. The lowest BCUT2D eigenvalue weighted by molar-refractivity contribution is -0.122. The Bertz CT molecular complexity index is 1440. The van der Waals surface area contributed by atoms with E-state index in [2.05, 4.69) is 5.32 Å². The fourth-order valence-corrected chi connectivity index (χ4v) is 6.03. The van der Waals surface area contributed by atoms with Gasteiger partial charge in [-0.15, -0.1) is 0 Å². The molecule has 8 nitrogen and oxygen atoms in total. The van der Waals surface area contributed by atoms with Crippen LogP contribution in [0.2, 0.25) is 5.02 Å². The van der Waals surface area contributed by atoms with Crippen LogP contribution in [0.15, 0.2) is 77.7 Å². The Labute approximate surface area is 220 Å². The Hall–Kier alpha value is -3.53. The van der Waals surface area contributed by atoms with Gasteiger partial charge in [0.05, 0.1) is 17.0 Å². The van der Waals surface area contributed by atoms with Crippen LogP contribution in [0.1, 0.15) is 24.5 Å². The normalized spacial score (nSPS) is 15.9. The molecule has 37 heavy (non-hydrogen) atoms. The van der Waals surface area contributed by atoms with Gasteiger partial charge in [-0.25, -0.2) is 13.3 Å². The molecule has 1 N–H and O–H groups in total. The summed E-state index contributed by atoms with van der Waals surface area (Å²) in [5.41, 5.74) is 2.51. The molecule has 3 amide bonds. The molecular formula is C27H26ClN3O5S. The van der Waals surface area contributed by atoms with Gasteiger partial charge in [-0.1, -0.05) is 41.4 Å². The molecule has 0 spiro atoms. The number of rotatable bonds is 8. The Kier molecular flexibility index (Phi) is 7.77. The highest BCUT2D eigenvalue weighted by molar-refractivity contribution is 7.89. The SMILES string of the molecule is CC(=O)Nc1ccc(N2C(=O)CC(N(CCc3cccc(Cl)c3)S(=O)(=O)c3ccc(C)cc3)C2=O)cc1. The molecular weight excluding hydrogens is 514 g/mol. The minimum Gasteiger partial charge on any atom is -0.326 e. The predicted molar refractivity (Wildman–Crippen MR) is 142 cm³/mol. The van der Waals surface area contributed by atoms with Crippen molar-refractivity contribution in [3.8, 4) is 0 Å². The molecule has 0 radical (unpaired) electrons. The van der Waals surface area contributed by atoms with Gasteiger partial charge in [0, 0.05) is 24.2 Å². The van der Waals surface area contributed by atoms with Crippen LogP contribution in [0.4, 0.5) is 11.4 Å². The fraction of sp³-hybridized carbons (Fsp3) is 0.222. The molecule has 0 aromatic heterocycles. The molecule has 1 aliphatic heterocycles. The number of hydrogen-bond acceptors (Lipinski definition) is 5. The molecule has 0 aliphatic carbocycles. The second-order valence-corrected chi connectivity index (χ2v) is 11.2. The van der Waals surface area contributed by atoms with E-state index in [0.29, 0.717) is 22.8 Å². The smallest absolute Gasteiger partial charge is 0.252 e. The van der Waals surface area contributed by atoms with E-state index in [0.717, 1.165) is 20.3 Å². The number of sulfonamides is 1. The van der Waals surface area contributed by atoms with Crippen LogP contribution in [-0.2, 0) is 30.8 Å². The van der Waals surface area contributed by atoms with Gasteiger partial charge < -0.3 is 5.32 Å². The fourth-order valence-electron chi connectivity index (χ4n) is 4.23. The standard InChI is InChI=1S/C27H26ClN3O5S/c1-18-6-12-24(13-7-18)37(35,36)30(15-14-20-4-3-5-21(28)16-20)25-17-26(33)31(27(25)34)23-10-8-22(9-11-23)29-19(2)32/h3-13,16,25H,14-15,17H2,1-2H3,(H,29,32). The van der Waals surface area contributed by atoms with Crippen molar-refractivity contribution in [3.63, 3.8) is 0 Å². The summed E-state index contributed by atoms with van der Waals surface area (Å²) in [5.74, 6) is -1.38. The Balaban J connectivity index is 1.66. The lowest BCUT2D eigenvalue weighted by Crippen LogP contribution is -2.46. The maximum Gasteiger partial charge on any atom is 0.252 e. The maximum absolute atomic E-state index is 13.7. The van der Waals surface area contributed by atoms with Crippen LogP contribution in [0, 0.1) is 6.92 Å². The monoisotopic (exact) mass is 539 g/mol. The number of halogens is 1. The molecule has 1 fully saturated rings. The number of aryl methyl sites for hydroxylation is 1. The van der Waals surface area contributed by atoms with Crippen molar-refractivity contribution in [3.05, 3.63) is 88.9 Å². The molecule has 0 bridgehead atoms. The third kappa shape index (κ3) is 5.90. The van der Waals surface area contributed by atoms with Crippen molar-refractivity contribution < 1.29 is 22.8 Å². The summed E-state index contributed by atoms with van der Waals surface area (Å²) in [6.07, 6.45) is 0.0158. The van der Waals surface area contributed by atoms with E-state index in [9.17, 15) is 22.8 Å². The van der Waals surface area contributed by atoms with Gasteiger partial charge in [0.15, 0.2) is 0 Å². The zero-order chi connectivity index (χ0) is 26.7. The van der Waals surface area contributed by atoms with Gasteiger partial charge in [0.25, 0.3) is 5.91 Å². The summed E-state index contributed by atoms with van der Waals surface area (Å²) in [6, 6.07) is 18.4. The van der Waals surface area contributed by atoms with E-state index < -0.39 is 27.9 Å². The molecule has 3 aromatic rings. The highest BCUT2D eigenvalue weighted by Crippen LogP contribution is 2.30. The van der Waals surface area contributed by atoms with E-state index in [-0.39, 0.29) is 23.8 Å². The summed E-state index contributed by atoms with van der Waals surface area (Å²) in [6.45, 7) is 3.20. The molecule has 0 saturated carbocycles. The molecule has 1 heterocycles. The van der Waals surface area contributed by atoms with Crippen LogP contribution in [-0.4, -0.2) is 43.0 Å². The number of carbonyl (C=O) groups excluding carboxylic acids is 3. The molecule has 10 heteroatoms. The number of anilines is 2. The maximum atomic E-state index is 13.7. The van der Waals surface area contributed by atoms with Crippen molar-refractivity contribution in [1.29, 1.82) is 0 Å². The Morgan fingerprint density at radius 2 is 1.73 bits per heavy atom. The minimum absolute atomic E-state index is 0.0183. The van der Waals surface area contributed by atoms with Crippen LogP contribution in [0.3, 0.4) is 0 Å². The largest absolute Gasteiger partial charge is 0.326 e. The van der Waals surface area contributed by atoms with E-state index in [1.807, 2.05) is 13.0 Å². The van der Waals surface area contributed by atoms with Gasteiger partial charge >= 0.3 is 0 Å². The van der Waals surface area contributed by atoms with Gasteiger partial charge in [-0.2, -0.15) is 4.31 Å². The van der Waals surface area contributed by atoms with Crippen molar-refractivity contribution in [2.45, 2.75) is 37.6 Å². The molecule has 1 saturated heterocycles. The van der Waals surface area contributed by atoms with Gasteiger partial charge in [0.2, 0.25) is 21.8 Å². The third-order valence-electron chi connectivity index (χ3n) is 6.05. The number of amides is 3. The highest BCUT2D eigenvalue weighted by atomic mass is 35.5. The van der Waals surface area contributed by atoms with Crippen molar-refractivity contribution in [2.24, 2.45) is 0 Å². The quantitative estimate of drug-likeness (QED) is 0.433. The number of nitrogens with one attached hydrogen (secondary N) is 1. The average molecular weight is 540 g/mol. The Morgan fingerprint density at radius 3 is 2.35 bits per heavy atom. The minimum atomic E-state index is -4.11. The van der Waals surface area contributed by atoms with Gasteiger partial charge in [0.1, 0.15) is 6.04 Å². The average Bonchev–Trinajstić information content (AvgIpc) is 3.13. The zero-order valence-electron chi connectivity index (χ0n) is 20.3. The molecule has 1 aliphatic rings. The first-order chi connectivity index (χ1) is 17.6. The van der Waals surface area contributed by atoms with E-state index in [4.69, 9.17) is 11.6 Å². The number of benzene rings is 3. The number of hydrogen-bond donors (Lipinski definition) is 1. The number of carbonyl (C=O) groups is 3. The van der Waals surface area contributed by atoms with Crippen molar-refractivity contribution in [2.75, 3.05) is 16.8 Å². The Morgan fingerprint density at radius 1 is 1.05 bits per heavy atom.